The van der Waals surface area contributed by atoms with Gasteiger partial charge in [0, 0.05) is 27.9 Å². The fourth-order valence-corrected chi connectivity index (χ4v) is 3.84. The van der Waals surface area contributed by atoms with E-state index in [4.69, 9.17) is 0 Å². The van der Waals surface area contributed by atoms with E-state index in [-0.39, 0.29) is 17.1 Å². The number of nitriles is 1. The Balaban J connectivity index is 2.17. The number of hydrogen-bond donors (Lipinski definition) is 1. The topological polar surface area (TPSA) is 52.9 Å². The van der Waals surface area contributed by atoms with Gasteiger partial charge in [-0.3, -0.25) is 4.79 Å². The molecule has 0 spiro atoms. The zero-order chi connectivity index (χ0) is 16.8. The molecule has 0 saturated heterocycles. The van der Waals surface area contributed by atoms with Gasteiger partial charge in [0.05, 0.1) is 17.6 Å². The number of carbonyl (C=O) groups excluding carboxylic acids is 1. The number of benzene rings is 1. The molecule has 1 aromatic carbocycles. The van der Waals surface area contributed by atoms with Crippen LogP contribution in [0.4, 0.5) is 0 Å². The van der Waals surface area contributed by atoms with E-state index in [0.29, 0.717) is 12.0 Å². The van der Waals surface area contributed by atoms with Crippen LogP contribution >= 0.6 is 15.9 Å². The average molecular weight is 371 g/mol. The highest BCUT2D eigenvalue weighted by Crippen LogP contribution is 2.46. The molecular weight excluding hydrogens is 352 g/mol. The molecule has 0 saturated carbocycles. The van der Waals surface area contributed by atoms with E-state index in [1.54, 1.807) is 0 Å². The van der Waals surface area contributed by atoms with Gasteiger partial charge in [0.25, 0.3) is 0 Å². The molecule has 0 fully saturated rings. The van der Waals surface area contributed by atoms with Crippen molar-refractivity contribution >= 4 is 21.7 Å². The zero-order valence-electron chi connectivity index (χ0n) is 13.5. The monoisotopic (exact) mass is 370 g/mol. The molecule has 23 heavy (non-hydrogen) atoms. The number of carbonyl (C=O) groups is 1. The predicted octanol–water partition coefficient (Wildman–Crippen LogP) is 4.58. The number of hydrogen-bond acceptors (Lipinski definition) is 3. The molecule has 0 amide bonds. The summed E-state index contributed by atoms with van der Waals surface area (Å²) in [7, 11) is 0. The molecule has 0 radical (unpaired) electrons. The minimum absolute atomic E-state index is 0.0440. The molecule has 0 aromatic heterocycles. The van der Waals surface area contributed by atoms with Gasteiger partial charge in [-0.2, -0.15) is 5.26 Å². The maximum Gasteiger partial charge on any atom is 0.162 e. The number of halogens is 1. The van der Waals surface area contributed by atoms with Gasteiger partial charge >= 0.3 is 0 Å². The van der Waals surface area contributed by atoms with Gasteiger partial charge in [0.15, 0.2) is 5.78 Å². The van der Waals surface area contributed by atoms with Crippen molar-refractivity contribution in [1.29, 1.82) is 5.26 Å². The van der Waals surface area contributed by atoms with Crippen LogP contribution in [0.2, 0.25) is 0 Å². The van der Waals surface area contributed by atoms with E-state index >= 15 is 0 Å². The predicted molar refractivity (Wildman–Crippen MR) is 93.4 cm³/mol. The summed E-state index contributed by atoms with van der Waals surface area (Å²) in [6.45, 7) is 6.15. The Morgan fingerprint density at radius 3 is 2.52 bits per heavy atom. The van der Waals surface area contributed by atoms with Gasteiger partial charge < -0.3 is 5.32 Å². The van der Waals surface area contributed by atoms with Crippen molar-refractivity contribution in [2.75, 3.05) is 0 Å². The van der Waals surface area contributed by atoms with Crippen LogP contribution in [-0.2, 0) is 4.79 Å². The zero-order valence-corrected chi connectivity index (χ0v) is 15.1. The minimum Gasteiger partial charge on any atom is -0.361 e. The number of rotatable bonds is 1. The Morgan fingerprint density at radius 2 is 1.91 bits per heavy atom. The molecule has 1 atom stereocenters. The Hall–Kier alpha value is -1.86. The summed E-state index contributed by atoms with van der Waals surface area (Å²) in [5, 5.41) is 13.0. The molecule has 1 heterocycles. The summed E-state index contributed by atoms with van der Waals surface area (Å²) in [6, 6.07) is 10.2. The van der Waals surface area contributed by atoms with E-state index in [1.807, 2.05) is 31.2 Å². The summed E-state index contributed by atoms with van der Waals surface area (Å²) in [6.07, 6.45) is 1.36. The van der Waals surface area contributed by atoms with Crippen LogP contribution in [0.1, 0.15) is 45.1 Å². The number of allylic oxidation sites excluding steroid dienone is 4. The first-order valence-corrected chi connectivity index (χ1v) is 8.51. The summed E-state index contributed by atoms with van der Waals surface area (Å²) in [5.74, 6) is -0.107. The van der Waals surface area contributed by atoms with Gasteiger partial charge in [0.1, 0.15) is 0 Å². The van der Waals surface area contributed by atoms with E-state index in [9.17, 15) is 10.1 Å². The Kier molecular flexibility index (Phi) is 3.93. The van der Waals surface area contributed by atoms with Crippen LogP contribution in [0.3, 0.4) is 0 Å². The molecule has 0 unspecified atom stereocenters. The summed E-state index contributed by atoms with van der Waals surface area (Å²) < 4.78 is 0.986. The van der Waals surface area contributed by atoms with E-state index in [2.05, 4.69) is 41.2 Å². The first-order chi connectivity index (χ1) is 10.8. The lowest BCUT2D eigenvalue weighted by Crippen LogP contribution is -2.36. The average Bonchev–Trinajstić information content (AvgIpc) is 2.45. The third-order valence-electron chi connectivity index (χ3n) is 4.56. The van der Waals surface area contributed by atoms with Crippen molar-refractivity contribution in [1.82, 2.24) is 5.32 Å². The standard InChI is InChI=1S/C19H19BrN2O/c1-11-14(10-21)17(12-4-6-13(20)7-5-12)18-15(22-11)8-19(2,3)9-16(18)23/h4-7,17,22H,8-9H2,1-3H3/t17-/m1/s1. The lowest BCUT2D eigenvalue weighted by Gasteiger charge is -2.38. The summed E-state index contributed by atoms with van der Waals surface area (Å²) in [5.41, 5.74) is 4.19. The maximum atomic E-state index is 12.8. The molecule has 1 aliphatic carbocycles. The lowest BCUT2D eigenvalue weighted by molar-refractivity contribution is -0.118. The third kappa shape index (κ3) is 2.86. The normalized spacial score (nSPS) is 23.3. The van der Waals surface area contributed by atoms with Gasteiger partial charge in [-0.25, -0.2) is 0 Å². The van der Waals surface area contributed by atoms with Gasteiger partial charge in [-0.1, -0.05) is 41.9 Å². The van der Waals surface area contributed by atoms with Crippen molar-refractivity contribution < 1.29 is 4.79 Å². The first-order valence-electron chi connectivity index (χ1n) is 7.72. The van der Waals surface area contributed by atoms with E-state index < -0.39 is 0 Å². The van der Waals surface area contributed by atoms with E-state index in [1.165, 1.54) is 0 Å². The van der Waals surface area contributed by atoms with Crippen molar-refractivity contribution in [2.45, 2.75) is 39.5 Å². The van der Waals surface area contributed by atoms with Crippen LogP contribution in [0, 0.1) is 16.7 Å². The second kappa shape index (κ2) is 5.65. The van der Waals surface area contributed by atoms with Crippen molar-refractivity contribution in [3.05, 3.63) is 56.8 Å². The lowest BCUT2D eigenvalue weighted by atomic mass is 9.69. The second-order valence-electron chi connectivity index (χ2n) is 7.09. The van der Waals surface area contributed by atoms with Crippen molar-refractivity contribution in [3.8, 4) is 6.07 Å². The van der Waals surface area contributed by atoms with Crippen LogP contribution in [0.25, 0.3) is 0 Å². The molecule has 1 N–H and O–H groups in total. The van der Waals surface area contributed by atoms with Crippen LogP contribution in [0.5, 0.6) is 0 Å². The number of dihydropyridines is 1. The number of nitrogens with zero attached hydrogens (tertiary/aromatic N) is 1. The summed E-state index contributed by atoms with van der Waals surface area (Å²) in [4.78, 5) is 12.8. The van der Waals surface area contributed by atoms with Crippen LogP contribution in [-0.4, -0.2) is 5.78 Å². The third-order valence-corrected chi connectivity index (χ3v) is 5.09. The SMILES string of the molecule is CC1=C(C#N)[C@@H](c2ccc(Br)cc2)C2=C(CC(C)(C)CC2=O)N1. The quantitative estimate of drug-likeness (QED) is 0.786. The molecule has 3 rings (SSSR count). The number of nitrogens with one attached hydrogen (secondary N) is 1. The van der Waals surface area contributed by atoms with Gasteiger partial charge in [0.2, 0.25) is 0 Å². The van der Waals surface area contributed by atoms with Crippen LogP contribution < -0.4 is 5.32 Å². The molecule has 1 aromatic rings. The van der Waals surface area contributed by atoms with Gasteiger partial charge in [-0.15, -0.1) is 0 Å². The molecule has 0 bridgehead atoms. The first kappa shape index (κ1) is 16.0. The number of ketones is 1. The second-order valence-corrected chi connectivity index (χ2v) is 8.01. The highest BCUT2D eigenvalue weighted by atomic mass is 79.9. The fraction of sp³-hybridized carbons (Fsp3) is 0.368. The molecule has 4 heteroatoms. The fourth-order valence-electron chi connectivity index (χ4n) is 3.57. The molecule has 118 valence electrons. The van der Waals surface area contributed by atoms with E-state index in [0.717, 1.165) is 33.4 Å². The Bertz CT molecular complexity index is 779. The molecule has 1 aliphatic heterocycles. The highest BCUT2D eigenvalue weighted by Gasteiger charge is 2.40. The molecular formula is C19H19BrN2O. The van der Waals surface area contributed by atoms with Crippen molar-refractivity contribution in [2.24, 2.45) is 5.41 Å². The minimum atomic E-state index is -0.257. The van der Waals surface area contributed by atoms with Crippen molar-refractivity contribution in [3.63, 3.8) is 0 Å². The molecule has 3 nitrogen and oxygen atoms in total. The number of Topliss-reactive ketones (excluding diaryl/α,β-unsaturated/α-hetero) is 1. The Morgan fingerprint density at radius 1 is 1.26 bits per heavy atom. The maximum absolute atomic E-state index is 12.8. The van der Waals surface area contributed by atoms with Gasteiger partial charge in [-0.05, 0) is 36.5 Å². The smallest absolute Gasteiger partial charge is 0.162 e. The van der Waals surface area contributed by atoms with Crippen LogP contribution in [0.15, 0.2) is 51.3 Å². The largest absolute Gasteiger partial charge is 0.361 e. The summed E-state index contributed by atoms with van der Waals surface area (Å²) >= 11 is 3.44. The Labute approximate surface area is 145 Å². The molecule has 2 aliphatic rings. The highest BCUT2D eigenvalue weighted by molar-refractivity contribution is 9.10.